The number of fused-ring (bicyclic) bond motifs is 1. The highest BCUT2D eigenvalue weighted by atomic mass is 19.4. The number of hydrogen-bond donors (Lipinski definition) is 3. The summed E-state index contributed by atoms with van der Waals surface area (Å²) in [5.74, 6) is -0.545. The van der Waals surface area contributed by atoms with E-state index in [2.05, 4.69) is 20.3 Å². The summed E-state index contributed by atoms with van der Waals surface area (Å²) in [6.45, 7) is -0.332. The van der Waals surface area contributed by atoms with E-state index in [9.17, 15) is 27.5 Å². The number of pyridine rings is 1. The molecule has 1 spiro atoms. The molecular weight excluding hydrogens is 486 g/mol. The topological polar surface area (TPSA) is 135 Å². The normalized spacial score (nSPS) is 29.5. The Morgan fingerprint density at radius 1 is 1.31 bits per heavy atom. The fraction of sp³-hybridized carbons (Fsp3) is 0.545. The number of aromatic amines is 1. The van der Waals surface area contributed by atoms with Gasteiger partial charge in [-0.2, -0.15) is 23.4 Å². The zero-order valence-corrected chi connectivity index (χ0v) is 18.9. The number of aromatic nitrogens is 5. The number of hydrogen-bond acceptors (Lipinski definition) is 6. The van der Waals surface area contributed by atoms with Crippen LogP contribution in [0.25, 0.3) is 22.3 Å². The van der Waals surface area contributed by atoms with Gasteiger partial charge in [0.2, 0.25) is 0 Å². The minimum Gasteiger partial charge on any atom is -0.380 e. The monoisotopic (exact) mass is 509 g/mol. The highest BCUT2D eigenvalue weighted by Crippen LogP contribution is 2.64. The van der Waals surface area contributed by atoms with Crippen LogP contribution in [0.2, 0.25) is 0 Å². The van der Waals surface area contributed by atoms with Crippen LogP contribution in [-0.2, 0) is 11.3 Å². The van der Waals surface area contributed by atoms with Crippen LogP contribution < -0.4 is 5.73 Å². The first-order valence-corrected chi connectivity index (χ1v) is 11.4. The van der Waals surface area contributed by atoms with Crippen molar-refractivity contribution < 1.29 is 32.2 Å². The lowest BCUT2D eigenvalue weighted by molar-refractivity contribution is -0.277. The van der Waals surface area contributed by atoms with Crippen molar-refractivity contribution in [1.82, 2.24) is 29.9 Å². The average Bonchev–Trinajstić information content (AvgIpc) is 3.12. The SMILES string of the molecule is NC(=O)N1CCC(O)(C(F)(F)F)CC12CC2c1cn[nH]c1-c1cc2c(cn1)cnn2CC1(F)COC1. The summed E-state index contributed by atoms with van der Waals surface area (Å²) in [5.41, 5.74) is 1.87. The molecule has 2 aliphatic heterocycles. The van der Waals surface area contributed by atoms with E-state index >= 15 is 0 Å². The zero-order valence-electron chi connectivity index (χ0n) is 18.9. The van der Waals surface area contributed by atoms with Crippen molar-refractivity contribution in [2.75, 3.05) is 19.8 Å². The van der Waals surface area contributed by atoms with Crippen LogP contribution in [-0.4, -0.2) is 83.7 Å². The fourth-order valence-electron chi connectivity index (χ4n) is 5.65. The lowest BCUT2D eigenvalue weighted by Crippen LogP contribution is -2.61. The van der Waals surface area contributed by atoms with Crippen LogP contribution in [0.5, 0.6) is 0 Å². The number of halogens is 4. The molecule has 14 heteroatoms. The van der Waals surface area contributed by atoms with Gasteiger partial charge in [0.05, 0.1) is 54.6 Å². The lowest BCUT2D eigenvalue weighted by atomic mass is 9.82. The highest BCUT2D eigenvalue weighted by molar-refractivity contribution is 5.82. The molecule has 10 nitrogen and oxygen atoms in total. The number of nitrogens with two attached hydrogens (primary N) is 1. The number of carbonyl (C=O) groups is 1. The molecule has 0 aromatic carbocycles. The first kappa shape index (κ1) is 23.2. The van der Waals surface area contributed by atoms with Gasteiger partial charge < -0.3 is 20.5 Å². The lowest BCUT2D eigenvalue weighted by Gasteiger charge is -2.45. The second kappa shape index (κ2) is 7.38. The Bertz CT molecular complexity index is 1350. The number of ether oxygens (including phenoxy) is 1. The van der Waals surface area contributed by atoms with Crippen LogP contribution >= 0.6 is 0 Å². The standard InChI is InChI=1S/C22H23F4N7O3/c23-19(10-36-11-19)9-33-16-3-15(28-5-12(16)6-30-33)17-13(7-29-31-17)14-4-20(14)8-21(35,22(24,25)26)1-2-32(20)18(27)34/h3,5-7,14,35H,1-2,4,8-11H2,(H2,27,34)(H,29,31). The van der Waals surface area contributed by atoms with Crippen LogP contribution in [0, 0.1) is 0 Å². The number of carbonyl (C=O) groups excluding carboxylic acids is 1. The molecule has 0 bridgehead atoms. The van der Waals surface area contributed by atoms with Crippen LogP contribution in [0.3, 0.4) is 0 Å². The molecule has 4 N–H and O–H groups in total. The summed E-state index contributed by atoms with van der Waals surface area (Å²) in [5, 5.41) is 22.3. The summed E-state index contributed by atoms with van der Waals surface area (Å²) in [6, 6.07) is 0.867. The van der Waals surface area contributed by atoms with E-state index in [1.54, 1.807) is 18.5 Å². The second-order valence-electron chi connectivity index (χ2n) is 10.1. The van der Waals surface area contributed by atoms with Gasteiger partial charge in [-0.3, -0.25) is 14.8 Å². The number of rotatable bonds is 4. The van der Waals surface area contributed by atoms with Crippen molar-refractivity contribution in [3.8, 4) is 11.4 Å². The zero-order chi connectivity index (χ0) is 25.5. The van der Waals surface area contributed by atoms with E-state index in [1.165, 1.54) is 15.8 Å². The minimum atomic E-state index is -4.85. The molecule has 5 heterocycles. The van der Waals surface area contributed by atoms with Gasteiger partial charge in [0, 0.05) is 42.5 Å². The molecule has 3 aromatic heterocycles. The number of primary amides is 1. The quantitative estimate of drug-likeness (QED) is 0.462. The summed E-state index contributed by atoms with van der Waals surface area (Å²) >= 11 is 0. The summed E-state index contributed by atoms with van der Waals surface area (Å²) < 4.78 is 62.2. The van der Waals surface area contributed by atoms with Crippen LogP contribution in [0.15, 0.2) is 24.7 Å². The van der Waals surface area contributed by atoms with Gasteiger partial charge in [-0.15, -0.1) is 0 Å². The Labute approximate surface area is 201 Å². The number of H-pyrrole nitrogens is 1. The number of nitrogens with one attached hydrogen (secondary N) is 1. The van der Waals surface area contributed by atoms with E-state index in [0.717, 1.165) is 0 Å². The number of likely N-dealkylation sites (tertiary alicyclic amines) is 1. The molecule has 3 atom stereocenters. The van der Waals surface area contributed by atoms with Crippen molar-refractivity contribution in [3.63, 3.8) is 0 Å². The van der Waals surface area contributed by atoms with Gasteiger partial charge in [0.25, 0.3) is 0 Å². The third-order valence-corrected chi connectivity index (χ3v) is 7.71. The Hall–Kier alpha value is -3.26. The third-order valence-electron chi connectivity index (χ3n) is 7.71. The summed E-state index contributed by atoms with van der Waals surface area (Å²) in [4.78, 5) is 17.8. The van der Waals surface area contributed by atoms with E-state index in [0.29, 0.717) is 27.9 Å². The van der Waals surface area contributed by atoms with E-state index in [4.69, 9.17) is 10.5 Å². The molecule has 192 valence electrons. The molecule has 0 radical (unpaired) electrons. The Kier molecular flexibility index (Phi) is 4.75. The Morgan fingerprint density at radius 2 is 2.08 bits per heavy atom. The molecule has 3 aromatic rings. The van der Waals surface area contributed by atoms with Crippen LogP contribution in [0.1, 0.15) is 30.7 Å². The molecule has 3 aliphatic rings. The van der Waals surface area contributed by atoms with Gasteiger partial charge in [-0.05, 0) is 12.5 Å². The van der Waals surface area contributed by atoms with E-state index in [1.807, 2.05) is 0 Å². The smallest absolute Gasteiger partial charge is 0.380 e. The molecular formula is C22H23F4N7O3. The number of urea groups is 1. The number of amides is 2. The van der Waals surface area contributed by atoms with Gasteiger partial charge in [0.15, 0.2) is 11.3 Å². The first-order valence-electron chi connectivity index (χ1n) is 11.4. The number of nitrogens with zero attached hydrogens (tertiary/aromatic N) is 5. The first-order chi connectivity index (χ1) is 16.9. The fourth-order valence-corrected chi connectivity index (χ4v) is 5.65. The average molecular weight is 509 g/mol. The summed E-state index contributed by atoms with van der Waals surface area (Å²) in [7, 11) is 0. The van der Waals surface area contributed by atoms with Crippen molar-refractivity contribution in [1.29, 1.82) is 0 Å². The molecule has 36 heavy (non-hydrogen) atoms. The van der Waals surface area contributed by atoms with Crippen LogP contribution in [0.4, 0.5) is 22.4 Å². The number of piperidine rings is 1. The largest absolute Gasteiger partial charge is 0.417 e. The predicted molar refractivity (Wildman–Crippen MR) is 116 cm³/mol. The molecule has 3 fully saturated rings. The van der Waals surface area contributed by atoms with Gasteiger partial charge in [-0.1, -0.05) is 0 Å². The van der Waals surface area contributed by atoms with E-state index in [-0.39, 0.29) is 32.7 Å². The summed E-state index contributed by atoms with van der Waals surface area (Å²) in [6.07, 6.45) is -1.35. The Morgan fingerprint density at radius 3 is 2.75 bits per heavy atom. The van der Waals surface area contributed by atoms with Crippen molar-refractivity contribution >= 4 is 16.9 Å². The Balaban J connectivity index is 1.35. The third kappa shape index (κ3) is 3.38. The molecule has 3 unspecified atom stereocenters. The highest BCUT2D eigenvalue weighted by Gasteiger charge is 2.70. The van der Waals surface area contributed by atoms with Crippen molar-refractivity contribution in [2.24, 2.45) is 5.73 Å². The van der Waals surface area contributed by atoms with Crippen molar-refractivity contribution in [3.05, 3.63) is 30.2 Å². The van der Waals surface area contributed by atoms with E-state index < -0.39 is 47.8 Å². The number of aliphatic hydroxyl groups is 1. The maximum Gasteiger partial charge on any atom is 0.417 e. The predicted octanol–water partition coefficient (Wildman–Crippen LogP) is 2.25. The molecule has 2 saturated heterocycles. The molecule has 1 aliphatic carbocycles. The minimum absolute atomic E-state index is 0.00508. The van der Waals surface area contributed by atoms with Gasteiger partial charge in [0.1, 0.15) is 0 Å². The number of alkyl halides is 4. The molecule has 1 saturated carbocycles. The maximum atomic E-state index is 14.6. The second-order valence-corrected chi connectivity index (χ2v) is 10.1. The molecule has 6 rings (SSSR count). The maximum absolute atomic E-state index is 14.6. The van der Waals surface area contributed by atoms with Gasteiger partial charge >= 0.3 is 12.2 Å². The van der Waals surface area contributed by atoms with Crippen molar-refractivity contribution in [2.45, 2.75) is 54.7 Å². The van der Waals surface area contributed by atoms with Gasteiger partial charge in [-0.25, -0.2) is 9.18 Å². The molecule has 2 amide bonds.